The first-order valence-corrected chi connectivity index (χ1v) is 9.22. The molecule has 28 heavy (non-hydrogen) atoms. The van der Waals surface area contributed by atoms with Gasteiger partial charge in [0, 0.05) is 18.4 Å². The molecule has 0 aliphatic carbocycles. The molecule has 0 aromatic heterocycles. The number of nitrogens with zero attached hydrogens (tertiary/aromatic N) is 1. The lowest BCUT2D eigenvalue weighted by Crippen LogP contribution is -2.52. The average molecular weight is 414 g/mol. The smallest absolute Gasteiger partial charge is 0.387 e. The highest BCUT2D eigenvalue weighted by Gasteiger charge is 2.37. The van der Waals surface area contributed by atoms with Gasteiger partial charge in [-0.1, -0.05) is 18.2 Å². The SMILES string of the molecule is CCOC(=O)C1=C(C)N([C@@H](C)COC)C(=S)N[C@H]1c1ccccc1OC(F)F. The van der Waals surface area contributed by atoms with Gasteiger partial charge in [0.2, 0.25) is 0 Å². The Morgan fingerprint density at radius 2 is 2.04 bits per heavy atom. The quantitative estimate of drug-likeness (QED) is 0.517. The molecule has 2 rings (SSSR count). The number of rotatable bonds is 8. The lowest BCUT2D eigenvalue weighted by atomic mass is 9.93. The minimum atomic E-state index is -2.99. The molecule has 0 saturated heterocycles. The van der Waals surface area contributed by atoms with Crippen LogP contribution in [0.15, 0.2) is 35.5 Å². The van der Waals surface area contributed by atoms with E-state index in [1.807, 2.05) is 6.92 Å². The van der Waals surface area contributed by atoms with Gasteiger partial charge in [-0.2, -0.15) is 8.78 Å². The highest BCUT2D eigenvalue weighted by atomic mass is 32.1. The fraction of sp³-hybridized carbons (Fsp3) is 0.474. The maximum Gasteiger partial charge on any atom is 0.387 e. The topological polar surface area (TPSA) is 60.0 Å². The van der Waals surface area contributed by atoms with Crippen molar-refractivity contribution in [1.29, 1.82) is 0 Å². The third-order valence-corrected chi connectivity index (χ3v) is 4.63. The first-order valence-electron chi connectivity index (χ1n) is 8.82. The molecule has 0 radical (unpaired) electrons. The molecule has 0 fully saturated rings. The van der Waals surface area contributed by atoms with E-state index in [1.54, 1.807) is 44.1 Å². The van der Waals surface area contributed by atoms with Crippen LogP contribution in [0.2, 0.25) is 0 Å². The molecule has 1 aromatic carbocycles. The molecule has 0 bridgehead atoms. The van der Waals surface area contributed by atoms with E-state index in [1.165, 1.54) is 6.07 Å². The van der Waals surface area contributed by atoms with Gasteiger partial charge in [-0.25, -0.2) is 4.79 Å². The van der Waals surface area contributed by atoms with Gasteiger partial charge < -0.3 is 24.4 Å². The Morgan fingerprint density at radius 3 is 2.64 bits per heavy atom. The summed E-state index contributed by atoms with van der Waals surface area (Å²) in [7, 11) is 1.57. The number of benzene rings is 1. The molecular formula is C19H24F2N2O4S. The normalized spacial score (nSPS) is 18.2. The van der Waals surface area contributed by atoms with Crippen LogP contribution < -0.4 is 10.1 Å². The number of allylic oxidation sites excluding steroid dienone is 1. The molecule has 0 amide bonds. The van der Waals surface area contributed by atoms with Crippen LogP contribution >= 0.6 is 12.2 Å². The summed E-state index contributed by atoms with van der Waals surface area (Å²) in [5.74, 6) is -0.591. The Bertz CT molecular complexity index is 757. The average Bonchev–Trinajstić information content (AvgIpc) is 2.61. The van der Waals surface area contributed by atoms with Crippen LogP contribution in [0.25, 0.3) is 0 Å². The number of nitrogens with one attached hydrogen (secondary N) is 1. The van der Waals surface area contributed by atoms with E-state index in [-0.39, 0.29) is 24.0 Å². The lowest BCUT2D eigenvalue weighted by molar-refractivity contribution is -0.139. The van der Waals surface area contributed by atoms with Gasteiger partial charge in [0.1, 0.15) is 5.75 Å². The second kappa shape index (κ2) is 9.79. The van der Waals surface area contributed by atoms with Gasteiger partial charge in [0.25, 0.3) is 0 Å². The van der Waals surface area contributed by atoms with E-state index in [0.29, 0.717) is 23.0 Å². The zero-order chi connectivity index (χ0) is 20.8. The van der Waals surface area contributed by atoms with Crippen LogP contribution in [0.5, 0.6) is 5.75 Å². The Balaban J connectivity index is 2.58. The summed E-state index contributed by atoms with van der Waals surface area (Å²) in [4.78, 5) is 14.5. The van der Waals surface area contributed by atoms with Crippen molar-refractivity contribution >= 4 is 23.3 Å². The monoisotopic (exact) mass is 414 g/mol. The number of methoxy groups -OCH3 is 1. The molecule has 1 aromatic rings. The summed E-state index contributed by atoms with van der Waals surface area (Å²) in [5.41, 5.74) is 1.22. The zero-order valence-corrected chi connectivity index (χ0v) is 17.0. The number of para-hydroxylation sites is 1. The number of hydrogen-bond donors (Lipinski definition) is 1. The fourth-order valence-corrected chi connectivity index (χ4v) is 3.67. The number of esters is 1. The van der Waals surface area contributed by atoms with Crippen LogP contribution in [-0.2, 0) is 14.3 Å². The molecule has 154 valence electrons. The third-order valence-electron chi connectivity index (χ3n) is 4.32. The molecule has 1 aliphatic heterocycles. The number of hydrogen-bond acceptors (Lipinski definition) is 5. The van der Waals surface area contributed by atoms with Crippen molar-refractivity contribution in [1.82, 2.24) is 10.2 Å². The highest BCUT2D eigenvalue weighted by Crippen LogP contribution is 2.37. The second-order valence-electron chi connectivity index (χ2n) is 6.19. The predicted octanol–water partition coefficient (Wildman–Crippen LogP) is 3.39. The van der Waals surface area contributed by atoms with Gasteiger partial charge in [-0.05, 0) is 39.1 Å². The molecule has 0 saturated carbocycles. The van der Waals surface area contributed by atoms with Crippen molar-refractivity contribution < 1.29 is 27.8 Å². The largest absolute Gasteiger partial charge is 0.463 e. The summed E-state index contributed by atoms with van der Waals surface area (Å²) >= 11 is 5.49. The van der Waals surface area contributed by atoms with Crippen molar-refractivity contribution in [2.24, 2.45) is 0 Å². The van der Waals surface area contributed by atoms with Crippen molar-refractivity contribution in [2.75, 3.05) is 20.3 Å². The molecule has 6 nitrogen and oxygen atoms in total. The van der Waals surface area contributed by atoms with Crippen LogP contribution in [-0.4, -0.2) is 49.0 Å². The summed E-state index contributed by atoms with van der Waals surface area (Å²) in [5, 5.41) is 3.43. The standard InChI is InChI=1S/C19H24F2N2O4S/c1-5-26-17(24)15-12(3)23(11(2)10-25-4)19(28)22-16(15)13-8-6-7-9-14(13)27-18(20)21/h6-9,11,16,18H,5,10H2,1-4H3,(H,22,28)/t11-,16-/m0/s1. The Labute approximate surface area is 168 Å². The number of carbonyl (C=O) groups excluding carboxylic acids is 1. The van der Waals surface area contributed by atoms with E-state index >= 15 is 0 Å². The van der Waals surface area contributed by atoms with E-state index in [0.717, 1.165) is 0 Å². The summed E-state index contributed by atoms with van der Waals surface area (Å²) < 4.78 is 40.8. The Hall–Kier alpha value is -2.26. The molecule has 1 heterocycles. The Kier molecular flexibility index (Phi) is 7.70. The highest BCUT2D eigenvalue weighted by molar-refractivity contribution is 7.80. The number of thiocarbonyl (C=S) groups is 1. The minimum absolute atomic E-state index is 0.0363. The maximum absolute atomic E-state index is 12.9. The number of ether oxygens (including phenoxy) is 3. The molecule has 0 unspecified atom stereocenters. The van der Waals surface area contributed by atoms with Crippen LogP contribution in [0.4, 0.5) is 8.78 Å². The first kappa shape index (κ1) is 22.0. The zero-order valence-electron chi connectivity index (χ0n) is 16.2. The van der Waals surface area contributed by atoms with Crippen LogP contribution in [0.3, 0.4) is 0 Å². The molecular weight excluding hydrogens is 390 g/mol. The predicted molar refractivity (Wildman–Crippen MR) is 104 cm³/mol. The number of halogens is 2. The van der Waals surface area contributed by atoms with Crippen molar-refractivity contribution in [2.45, 2.75) is 39.5 Å². The molecule has 2 atom stereocenters. The van der Waals surface area contributed by atoms with E-state index < -0.39 is 18.6 Å². The Morgan fingerprint density at radius 1 is 1.36 bits per heavy atom. The first-order chi connectivity index (χ1) is 13.3. The van der Waals surface area contributed by atoms with Crippen molar-refractivity contribution in [3.63, 3.8) is 0 Å². The summed E-state index contributed by atoms with van der Waals surface area (Å²) in [6.07, 6.45) is 0. The van der Waals surface area contributed by atoms with Gasteiger partial charge >= 0.3 is 12.6 Å². The second-order valence-corrected chi connectivity index (χ2v) is 6.58. The summed E-state index contributed by atoms with van der Waals surface area (Å²) in [6.45, 7) is 2.90. The van der Waals surface area contributed by atoms with E-state index in [9.17, 15) is 13.6 Å². The lowest BCUT2D eigenvalue weighted by Gasteiger charge is -2.40. The van der Waals surface area contributed by atoms with Gasteiger partial charge in [-0.3, -0.25) is 0 Å². The van der Waals surface area contributed by atoms with Crippen molar-refractivity contribution in [3.05, 3.63) is 41.1 Å². The molecule has 0 spiro atoms. The van der Waals surface area contributed by atoms with Gasteiger partial charge in [0.15, 0.2) is 5.11 Å². The fourth-order valence-electron chi connectivity index (χ4n) is 3.23. The maximum atomic E-state index is 12.9. The van der Waals surface area contributed by atoms with Crippen LogP contribution in [0, 0.1) is 0 Å². The van der Waals surface area contributed by atoms with Gasteiger partial charge in [0.05, 0.1) is 30.9 Å². The van der Waals surface area contributed by atoms with Crippen molar-refractivity contribution in [3.8, 4) is 5.75 Å². The summed E-state index contributed by atoms with van der Waals surface area (Å²) in [6, 6.07) is 5.35. The third kappa shape index (κ3) is 4.77. The van der Waals surface area contributed by atoms with E-state index in [2.05, 4.69) is 10.1 Å². The molecule has 9 heteroatoms. The van der Waals surface area contributed by atoms with Gasteiger partial charge in [-0.15, -0.1) is 0 Å². The van der Waals surface area contributed by atoms with E-state index in [4.69, 9.17) is 21.7 Å². The number of carbonyl (C=O) groups is 1. The molecule has 1 N–H and O–H groups in total. The molecule has 1 aliphatic rings. The number of alkyl halides is 2. The van der Waals surface area contributed by atoms with Crippen LogP contribution in [0.1, 0.15) is 32.4 Å². The minimum Gasteiger partial charge on any atom is -0.463 e.